The van der Waals surface area contributed by atoms with Crippen molar-refractivity contribution < 1.29 is 32.5 Å². The fraction of sp³-hybridized carbons (Fsp3) is 0.885. The molecule has 0 aromatic heterocycles. The van der Waals surface area contributed by atoms with E-state index in [2.05, 4.69) is 18.7 Å². The molecule has 358 valence electrons. The number of ether oxygens (including phenoxy) is 4. The molecule has 1 fully saturated rings. The maximum Gasteiger partial charge on any atom is 0.157 e. The van der Waals surface area contributed by atoms with E-state index in [1.807, 2.05) is 24.3 Å². The van der Waals surface area contributed by atoms with Crippen LogP contribution in [0, 0.1) is 0 Å². The van der Waals surface area contributed by atoms with Crippen molar-refractivity contribution in [3.05, 3.63) is 24.3 Å². The predicted octanol–water partition coefficient (Wildman–Crippen LogP) is 14.0. The summed E-state index contributed by atoms with van der Waals surface area (Å²) in [6, 6.07) is 7.63. The van der Waals surface area contributed by atoms with Crippen LogP contribution in [0.4, 0.5) is 5.69 Å². The fourth-order valence-electron chi connectivity index (χ4n) is 8.29. The Labute approximate surface area is 377 Å². The van der Waals surface area contributed by atoms with Crippen LogP contribution in [0.15, 0.2) is 24.3 Å². The van der Waals surface area contributed by atoms with Crippen LogP contribution in [0.5, 0.6) is 5.75 Å². The number of aliphatic hydroxyl groups excluding tert-OH is 1. The first-order valence-corrected chi connectivity index (χ1v) is 27.9. The zero-order valence-corrected chi connectivity index (χ0v) is 40.7. The summed E-state index contributed by atoms with van der Waals surface area (Å²) in [4.78, 5) is 2.08. The molecule has 0 spiro atoms. The van der Waals surface area contributed by atoms with Gasteiger partial charge in [-0.15, -0.1) is 0 Å². The standard InChI is InChI=1S/C52H97NO7S/c1-3-5-7-9-11-13-17-22-26-30-34-44-59-52(58-43-33-29-25-21-14-12-10-8-6-4-2)35-31-27-23-19-16-15-18-20-24-28-32-42-57-47-50(54)48-60-51-38-36-49(37-39-51)53-40-45-61(55,56)46-41-53/h36-39,50,52,54H,3-35,40-48H2,1-2H3. The molecule has 2 unspecified atom stereocenters. The molecule has 2 rings (SSSR count). The third-order valence-corrected chi connectivity index (χ3v) is 14.0. The highest BCUT2D eigenvalue weighted by Gasteiger charge is 2.21. The highest BCUT2D eigenvalue weighted by Crippen LogP contribution is 2.22. The number of hydrogen-bond acceptors (Lipinski definition) is 8. The van der Waals surface area contributed by atoms with E-state index < -0.39 is 15.9 Å². The first kappa shape index (κ1) is 55.7. The number of rotatable bonds is 45. The monoisotopic (exact) mass is 880 g/mol. The Hall–Kier alpha value is -1.39. The minimum atomic E-state index is -2.90. The van der Waals surface area contributed by atoms with Crippen LogP contribution in [-0.4, -0.2) is 83.5 Å². The summed E-state index contributed by atoms with van der Waals surface area (Å²) in [7, 11) is -2.90. The number of benzene rings is 1. The van der Waals surface area contributed by atoms with Crippen LogP contribution in [-0.2, 0) is 24.0 Å². The second-order valence-corrected chi connectivity index (χ2v) is 20.5. The smallest absolute Gasteiger partial charge is 0.157 e. The maximum absolute atomic E-state index is 11.7. The highest BCUT2D eigenvalue weighted by molar-refractivity contribution is 7.91. The van der Waals surface area contributed by atoms with Crippen molar-refractivity contribution in [1.82, 2.24) is 0 Å². The zero-order chi connectivity index (χ0) is 43.7. The summed E-state index contributed by atoms with van der Waals surface area (Å²) in [5.74, 6) is 1.09. The molecule has 2 atom stereocenters. The quantitative estimate of drug-likeness (QED) is 0.0511. The Morgan fingerprint density at radius 3 is 1.31 bits per heavy atom. The third kappa shape index (κ3) is 33.7. The molecule has 0 radical (unpaired) electrons. The number of nitrogens with zero attached hydrogens (tertiary/aromatic N) is 1. The van der Waals surface area contributed by atoms with Gasteiger partial charge < -0.3 is 29.0 Å². The van der Waals surface area contributed by atoms with Gasteiger partial charge in [-0.05, 0) is 56.4 Å². The van der Waals surface area contributed by atoms with Gasteiger partial charge in [0.05, 0.1) is 18.1 Å². The molecular formula is C52H97NO7S. The van der Waals surface area contributed by atoms with Crippen molar-refractivity contribution in [1.29, 1.82) is 0 Å². The van der Waals surface area contributed by atoms with Gasteiger partial charge in [0.2, 0.25) is 0 Å². The SMILES string of the molecule is CCCCCCCCCCCCCOC(CCCCCCCCCCCCCOCC(O)COc1ccc(N2CCS(=O)(=O)CC2)cc1)OCCCCCCCCCCCC. The van der Waals surface area contributed by atoms with Crippen LogP contribution in [0.2, 0.25) is 0 Å². The Balaban J connectivity index is 1.42. The molecule has 1 aliphatic heterocycles. The van der Waals surface area contributed by atoms with Gasteiger partial charge in [0.25, 0.3) is 0 Å². The second kappa shape index (κ2) is 40.1. The largest absolute Gasteiger partial charge is 0.491 e. The van der Waals surface area contributed by atoms with E-state index in [-0.39, 0.29) is 31.0 Å². The molecule has 9 heteroatoms. The van der Waals surface area contributed by atoms with E-state index in [0.29, 0.717) is 25.4 Å². The van der Waals surface area contributed by atoms with E-state index in [0.717, 1.165) is 31.7 Å². The number of anilines is 1. The molecule has 1 aromatic rings. The second-order valence-electron chi connectivity index (χ2n) is 18.2. The van der Waals surface area contributed by atoms with Crippen LogP contribution >= 0.6 is 0 Å². The lowest BCUT2D eigenvalue weighted by Crippen LogP contribution is -2.40. The normalized spacial score (nSPS) is 15.0. The number of hydrogen-bond donors (Lipinski definition) is 1. The molecule has 1 saturated heterocycles. The first-order valence-electron chi connectivity index (χ1n) is 26.1. The van der Waals surface area contributed by atoms with E-state index >= 15 is 0 Å². The Kier molecular flexibility index (Phi) is 36.7. The lowest BCUT2D eigenvalue weighted by atomic mass is 10.1. The summed E-state index contributed by atoms with van der Waals surface area (Å²) >= 11 is 0. The predicted molar refractivity (Wildman–Crippen MR) is 259 cm³/mol. The average Bonchev–Trinajstić information content (AvgIpc) is 3.26. The maximum atomic E-state index is 11.7. The summed E-state index contributed by atoms with van der Waals surface area (Å²) in [6.07, 6.45) is 42.8. The van der Waals surface area contributed by atoms with Crippen molar-refractivity contribution in [3.8, 4) is 5.75 Å². The molecular weight excluding hydrogens is 783 g/mol. The number of sulfone groups is 1. The molecule has 8 nitrogen and oxygen atoms in total. The van der Waals surface area contributed by atoms with Crippen molar-refractivity contribution in [2.24, 2.45) is 0 Å². The highest BCUT2D eigenvalue weighted by atomic mass is 32.2. The van der Waals surface area contributed by atoms with E-state index in [4.69, 9.17) is 18.9 Å². The van der Waals surface area contributed by atoms with E-state index in [1.165, 1.54) is 199 Å². The van der Waals surface area contributed by atoms with Crippen molar-refractivity contribution in [2.75, 3.05) is 62.5 Å². The van der Waals surface area contributed by atoms with Crippen LogP contribution in [0.1, 0.15) is 226 Å². The Morgan fingerprint density at radius 2 is 0.885 bits per heavy atom. The molecule has 1 aromatic carbocycles. The van der Waals surface area contributed by atoms with Crippen LogP contribution in [0.25, 0.3) is 0 Å². The lowest BCUT2D eigenvalue weighted by molar-refractivity contribution is -0.148. The Bertz CT molecular complexity index is 1170. The van der Waals surface area contributed by atoms with Gasteiger partial charge in [0, 0.05) is 38.6 Å². The van der Waals surface area contributed by atoms with Gasteiger partial charge in [-0.25, -0.2) is 8.42 Å². The van der Waals surface area contributed by atoms with Gasteiger partial charge in [0.1, 0.15) is 18.5 Å². The van der Waals surface area contributed by atoms with E-state index in [1.54, 1.807) is 0 Å². The van der Waals surface area contributed by atoms with E-state index in [9.17, 15) is 13.5 Å². The molecule has 61 heavy (non-hydrogen) atoms. The van der Waals surface area contributed by atoms with Crippen LogP contribution < -0.4 is 9.64 Å². The number of unbranched alkanes of at least 4 members (excludes halogenated alkanes) is 29. The first-order chi connectivity index (χ1) is 29.9. The van der Waals surface area contributed by atoms with Gasteiger partial charge >= 0.3 is 0 Å². The minimum Gasteiger partial charge on any atom is -0.491 e. The molecule has 1 heterocycles. The van der Waals surface area contributed by atoms with Crippen molar-refractivity contribution in [2.45, 2.75) is 238 Å². The van der Waals surface area contributed by atoms with Gasteiger partial charge in [-0.3, -0.25) is 0 Å². The molecule has 0 saturated carbocycles. The number of aliphatic hydroxyl groups is 1. The summed E-state index contributed by atoms with van der Waals surface area (Å²) in [5.41, 5.74) is 0.993. The molecule has 1 aliphatic rings. The molecule has 0 bridgehead atoms. The summed E-state index contributed by atoms with van der Waals surface area (Å²) < 4.78 is 47.5. The van der Waals surface area contributed by atoms with Crippen molar-refractivity contribution in [3.63, 3.8) is 0 Å². The summed E-state index contributed by atoms with van der Waals surface area (Å²) in [5, 5.41) is 10.3. The third-order valence-electron chi connectivity index (χ3n) is 12.4. The summed E-state index contributed by atoms with van der Waals surface area (Å²) in [6.45, 7) is 8.46. The van der Waals surface area contributed by atoms with Gasteiger partial charge in [0.15, 0.2) is 16.1 Å². The minimum absolute atomic E-state index is 0.0147. The Morgan fingerprint density at radius 1 is 0.508 bits per heavy atom. The zero-order valence-electron chi connectivity index (χ0n) is 39.9. The molecule has 0 aliphatic carbocycles. The van der Waals surface area contributed by atoms with Gasteiger partial charge in [-0.2, -0.15) is 0 Å². The van der Waals surface area contributed by atoms with Crippen molar-refractivity contribution >= 4 is 15.5 Å². The fourth-order valence-corrected chi connectivity index (χ4v) is 9.49. The average molecular weight is 880 g/mol. The molecule has 0 amide bonds. The van der Waals surface area contributed by atoms with Crippen LogP contribution in [0.3, 0.4) is 0 Å². The molecule has 1 N–H and O–H groups in total. The topological polar surface area (TPSA) is 94.5 Å². The van der Waals surface area contributed by atoms with Gasteiger partial charge in [-0.1, -0.05) is 194 Å². The lowest BCUT2D eigenvalue weighted by Gasteiger charge is -2.28.